The van der Waals surface area contributed by atoms with Crippen LogP contribution in [0.3, 0.4) is 0 Å². The minimum Gasteiger partial charge on any atom is -0.476 e. The molecular weight excluding hydrogens is 238 g/mol. The Morgan fingerprint density at radius 3 is 2.00 bits per heavy atom. The number of hydrogen-bond acceptors (Lipinski definition) is 3. The molecule has 0 unspecified atom stereocenters. The standard InChI is InChI=1S/C7H10N2O2.C3H3NO2.CH4/c1-8-6-7(10)9-2-4-11-5-3-9;1-4-2-3(5)6;/h2-6H2;2H2,(H,5,6);1H4. The number of morpholine rings is 1. The number of carboxylic acids is 1. The molecular formula is C11H17N3O4. The molecule has 7 heteroatoms. The quantitative estimate of drug-likeness (QED) is 0.724. The zero-order chi connectivity index (χ0) is 13.1. The average molecular weight is 255 g/mol. The van der Waals surface area contributed by atoms with Crippen molar-refractivity contribution in [1.82, 2.24) is 4.90 Å². The molecule has 1 saturated heterocycles. The fourth-order valence-electron chi connectivity index (χ4n) is 1.05. The van der Waals surface area contributed by atoms with E-state index in [0.717, 1.165) is 0 Å². The molecule has 18 heavy (non-hydrogen) atoms. The predicted molar refractivity (Wildman–Crippen MR) is 64.7 cm³/mol. The van der Waals surface area contributed by atoms with Crippen LogP contribution in [-0.4, -0.2) is 61.3 Å². The summed E-state index contributed by atoms with van der Waals surface area (Å²) in [6.07, 6.45) is 0. The second kappa shape index (κ2) is 11.4. The lowest BCUT2D eigenvalue weighted by Gasteiger charge is -2.24. The van der Waals surface area contributed by atoms with Gasteiger partial charge in [0.05, 0.1) is 13.2 Å². The summed E-state index contributed by atoms with van der Waals surface area (Å²) >= 11 is 0. The van der Waals surface area contributed by atoms with Crippen molar-refractivity contribution in [3.63, 3.8) is 0 Å². The van der Waals surface area contributed by atoms with Crippen molar-refractivity contribution in [2.75, 3.05) is 39.4 Å². The molecule has 0 bridgehead atoms. The minimum absolute atomic E-state index is 0. The van der Waals surface area contributed by atoms with Gasteiger partial charge in [-0.25, -0.2) is 17.9 Å². The molecule has 1 heterocycles. The molecule has 1 N–H and O–H groups in total. The first kappa shape index (κ1) is 18.3. The minimum atomic E-state index is -1.06. The van der Waals surface area contributed by atoms with Gasteiger partial charge in [0.25, 0.3) is 6.54 Å². The van der Waals surface area contributed by atoms with Crippen LogP contribution in [0, 0.1) is 13.1 Å². The van der Waals surface area contributed by atoms with Crippen LogP contribution in [0.2, 0.25) is 0 Å². The summed E-state index contributed by atoms with van der Waals surface area (Å²) in [5, 5.41) is 7.70. The van der Waals surface area contributed by atoms with E-state index in [1.165, 1.54) is 0 Å². The Morgan fingerprint density at radius 2 is 1.67 bits per heavy atom. The van der Waals surface area contributed by atoms with Gasteiger partial charge < -0.3 is 24.4 Å². The van der Waals surface area contributed by atoms with Crippen LogP contribution in [0.4, 0.5) is 0 Å². The van der Waals surface area contributed by atoms with Gasteiger partial charge in [-0.05, 0) is 0 Å². The van der Waals surface area contributed by atoms with Gasteiger partial charge in [0.2, 0.25) is 0 Å². The topological polar surface area (TPSA) is 75.6 Å². The van der Waals surface area contributed by atoms with Crippen LogP contribution < -0.4 is 0 Å². The van der Waals surface area contributed by atoms with Crippen LogP contribution >= 0.6 is 0 Å². The first-order valence-electron chi connectivity index (χ1n) is 4.85. The number of rotatable bonds is 2. The van der Waals surface area contributed by atoms with Crippen LogP contribution in [-0.2, 0) is 14.3 Å². The fourth-order valence-corrected chi connectivity index (χ4v) is 1.05. The second-order valence-electron chi connectivity index (χ2n) is 3.02. The Bertz CT molecular complexity index is 337. The summed E-state index contributed by atoms with van der Waals surface area (Å²) in [6.45, 7) is 14.5. The highest BCUT2D eigenvalue weighted by atomic mass is 16.5. The third-order valence-corrected chi connectivity index (χ3v) is 1.79. The van der Waals surface area contributed by atoms with Gasteiger partial charge in [0.15, 0.2) is 0 Å². The Balaban J connectivity index is 0. The molecule has 0 atom stereocenters. The van der Waals surface area contributed by atoms with Gasteiger partial charge >= 0.3 is 18.4 Å². The van der Waals surface area contributed by atoms with Crippen molar-refractivity contribution in [3.05, 3.63) is 22.8 Å². The molecule has 100 valence electrons. The zero-order valence-corrected chi connectivity index (χ0v) is 9.26. The summed E-state index contributed by atoms with van der Waals surface area (Å²) in [5.74, 6) is -1.15. The van der Waals surface area contributed by atoms with E-state index in [1.807, 2.05) is 0 Å². The monoisotopic (exact) mass is 255 g/mol. The van der Waals surface area contributed by atoms with Crippen LogP contribution in [0.5, 0.6) is 0 Å². The number of carboxylic acid groups (broad SMARTS) is 1. The maximum absolute atomic E-state index is 11.1. The number of ether oxygens (including phenoxy) is 1. The molecule has 7 nitrogen and oxygen atoms in total. The first-order chi connectivity index (χ1) is 8.11. The Morgan fingerprint density at radius 1 is 1.17 bits per heavy atom. The smallest absolute Gasteiger partial charge is 0.384 e. The number of aliphatic carboxylic acids is 1. The van der Waals surface area contributed by atoms with Crippen LogP contribution in [0.25, 0.3) is 9.69 Å². The lowest BCUT2D eigenvalue weighted by molar-refractivity contribution is -0.135. The maximum atomic E-state index is 11.1. The van der Waals surface area contributed by atoms with Crippen LogP contribution in [0.15, 0.2) is 0 Å². The van der Waals surface area contributed by atoms with Gasteiger partial charge in [-0.15, -0.1) is 0 Å². The molecule has 1 fully saturated rings. The maximum Gasteiger partial charge on any atom is 0.384 e. The lowest BCUT2D eigenvalue weighted by atomic mass is 10.4. The number of carbonyl (C=O) groups excluding carboxylic acids is 1. The fraction of sp³-hybridized carbons (Fsp3) is 0.636. The lowest BCUT2D eigenvalue weighted by Crippen LogP contribution is -2.41. The molecule has 1 aliphatic heterocycles. The second-order valence-corrected chi connectivity index (χ2v) is 3.02. The number of carbonyl (C=O) groups is 2. The Labute approximate surface area is 107 Å². The largest absolute Gasteiger partial charge is 0.476 e. The van der Waals surface area contributed by atoms with Crippen molar-refractivity contribution in [1.29, 1.82) is 0 Å². The van der Waals surface area contributed by atoms with E-state index < -0.39 is 12.5 Å². The highest BCUT2D eigenvalue weighted by Crippen LogP contribution is 1.96. The molecule has 0 aromatic rings. The molecule has 0 saturated carbocycles. The summed E-state index contributed by atoms with van der Waals surface area (Å²) in [6, 6.07) is 0. The SMILES string of the molecule is C.[C-]#[N+]CC(=O)N1CCOCC1.[C-]#[N+]CC(=O)O. The molecule has 1 amide bonds. The van der Waals surface area contributed by atoms with Crippen molar-refractivity contribution < 1.29 is 19.4 Å². The summed E-state index contributed by atoms with van der Waals surface area (Å²) < 4.78 is 5.06. The van der Waals surface area contributed by atoms with E-state index in [1.54, 1.807) is 4.90 Å². The Hall–Kier alpha value is -2.12. The van der Waals surface area contributed by atoms with Crippen molar-refractivity contribution in [2.45, 2.75) is 7.43 Å². The molecule has 0 aromatic heterocycles. The number of nitrogens with zero attached hydrogens (tertiary/aromatic N) is 3. The van der Waals surface area contributed by atoms with E-state index in [9.17, 15) is 9.59 Å². The van der Waals surface area contributed by atoms with E-state index in [0.29, 0.717) is 26.3 Å². The van der Waals surface area contributed by atoms with E-state index in [4.69, 9.17) is 23.0 Å². The van der Waals surface area contributed by atoms with E-state index in [2.05, 4.69) is 9.69 Å². The summed E-state index contributed by atoms with van der Waals surface area (Å²) in [7, 11) is 0. The summed E-state index contributed by atoms with van der Waals surface area (Å²) in [5.41, 5.74) is 0. The van der Waals surface area contributed by atoms with Gasteiger partial charge in [-0.3, -0.25) is 4.79 Å². The molecule has 0 aromatic carbocycles. The van der Waals surface area contributed by atoms with Gasteiger partial charge in [-0.1, -0.05) is 7.43 Å². The van der Waals surface area contributed by atoms with E-state index >= 15 is 0 Å². The van der Waals surface area contributed by atoms with Crippen molar-refractivity contribution in [3.8, 4) is 0 Å². The molecule has 1 rings (SSSR count). The van der Waals surface area contributed by atoms with Crippen molar-refractivity contribution >= 4 is 11.9 Å². The number of amides is 1. The van der Waals surface area contributed by atoms with Gasteiger partial charge in [0, 0.05) is 13.1 Å². The highest BCUT2D eigenvalue weighted by Gasteiger charge is 2.17. The third kappa shape index (κ3) is 9.13. The molecule has 0 radical (unpaired) electrons. The summed E-state index contributed by atoms with van der Waals surface area (Å²) in [4.78, 5) is 27.7. The van der Waals surface area contributed by atoms with Gasteiger partial charge in [-0.2, -0.15) is 0 Å². The van der Waals surface area contributed by atoms with Crippen molar-refractivity contribution in [2.24, 2.45) is 0 Å². The molecule has 1 aliphatic rings. The number of hydrogen-bond donors (Lipinski definition) is 1. The zero-order valence-electron chi connectivity index (χ0n) is 9.26. The molecule has 0 aliphatic carbocycles. The third-order valence-electron chi connectivity index (χ3n) is 1.79. The van der Waals surface area contributed by atoms with Gasteiger partial charge in [0.1, 0.15) is 0 Å². The average Bonchev–Trinajstić information content (AvgIpc) is 2.31. The molecule has 0 spiro atoms. The normalized spacial score (nSPS) is 12.9. The first-order valence-corrected chi connectivity index (χ1v) is 4.85. The van der Waals surface area contributed by atoms with E-state index in [-0.39, 0.29) is 19.9 Å². The Kier molecular flexibility index (Phi) is 11.5. The highest BCUT2D eigenvalue weighted by molar-refractivity contribution is 5.79. The van der Waals surface area contributed by atoms with Crippen LogP contribution in [0.1, 0.15) is 7.43 Å². The predicted octanol–water partition coefficient (Wildman–Crippen LogP) is 0.391.